The van der Waals surface area contributed by atoms with E-state index >= 15 is 0 Å². The predicted octanol–water partition coefficient (Wildman–Crippen LogP) is 10.3. The van der Waals surface area contributed by atoms with Gasteiger partial charge in [0.2, 0.25) is 0 Å². The smallest absolute Gasteiger partial charge is 0.0412 e. The second kappa shape index (κ2) is 7.98. The summed E-state index contributed by atoms with van der Waals surface area (Å²) in [6.45, 7) is 0. The molecule has 35 heavy (non-hydrogen) atoms. The van der Waals surface area contributed by atoms with E-state index in [0.29, 0.717) is 0 Å². The molecular weight excluding hydrogens is 444 g/mol. The summed E-state index contributed by atoms with van der Waals surface area (Å²) in [6, 6.07) is 45.7. The molecule has 0 radical (unpaired) electrons. The van der Waals surface area contributed by atoms with Gasteiger partial charge in [0.15, 0.2) is 0 Å². The maximum absolute atomic E-state index is 6.60. The minimum absolute atomic E-state index is 0.749. The lowest BCUT2D eigenvalue weighted by molar-refractivity contribution is 1.68. The highest BCUT2D eigenvalue weighted by Gasteiger charge is 2.17. The van der Waals surface area contributed by atoms with E-state index in [1.165, 1.54) is 65.3 Å². The molecule has 0 aliphatic rings. The quantitative estimate of drug-likeness (QED) is 0.223. The zero-order chi connectivity index (χ0) is 23.4. The fraction of sp³-hybridized carbons (Fsp3) is 0. The van der Waals surface area contributed by atoms with Crippen LogP contribution in [0.5, 0.6) is 0 Å². The molecule has 0 aliphatic heterocycles. The van der Waals surface area contributed by atoms with Gasteiger partial charge in [0.1, 0.15) is 0 Å². The molecule has 0 aromatic heterocycles. The van der Waals surface area contributed by atoms with Crippen LogP contribution in [-0.2, 0) is 0 Å². The van der Waals surface area contributed by atoms with Crippen LogP contribution in [-0.4, -0.2) is 0 Å². The second-order valence-electron chi connectivity index (χ2n) is 9.11. The Labute approximate surface area is 209 Å². The first-order chi connectivity index (χ1) is 17.3. The lowest BCUT2D eigenvalue weighted by Gasteiger charge is -2.18. The zero-order valence-corrected chi connectivity index (χ0v) is 19.8. The number of rotatable bonds is 2. The van der Waals surface area contributed by atoms with Crippen molar-refractivity contribution in [3.05, 3.63) is 132 Å². The molecule has 0 bridgehead atoms. The Morgan fingerprint density at radius 3 is 1.37 bits per heavy atom. The summed E-state index contributed by atoms with van der Waals surface area (Å²) in [6.07, 6.45) is 0. The highest BCUT2D eigenvalue weighted by atomic mass is 35.5. The average Bonchev–Trinajstić information content (AvgIpc) is 2.91. The molecule has 0 saturated heterocycles. The molecule has 1 heteroatoms. The maximum Gasteiger partial charge on any atom is 0.0412 e. The van der Waals surface area contributed by atoms with Crippen molar-refractivity contribution in [2.45, 2.75) is 0 Å². The van der Waals surface area contributed by atoms with E-state index in [9.17, 15) is 0 Å². The third-order valence-corrected chi connectivity index (χ3v) is 7.30. The van der Waals surface area contributed by atoms with E-state index in [1.807, 2.05) is 6.07 Å². The third kappa shape index (κ3) is 3.30. The first-order valence-corrected chi connectivity index (χ1v) is 12.3. The van der Waals surface area contributed by atoms with E-state index in [4.69, 9.17) is 11.6 Å². The number of benzene rings is 7. The summed E-state index contributed by atoms with van der Waals surface area (Å²) in [5.41, 5.74) is 4.91. The Kier molecular flexibility index (Phi) is 4.62. The van der Waals surface area contributed by atoms with Crippen LogP contribution in [0.25, 0.3) is 65.3 Å². The second-order valence-corrected chi connectivity index (χ2v) is 9.55. The zero-order valence-electron chi connectivity index (χ0n) is 19.0. The van der Waals surface area contributed by atoms with Gasteiger partial charge in [-0.1, -0.05) is 115 Å². The highest BCUT2D eigenvalue weighted by Crippen LogP contribution is 2.45. The monoisotopic (exact) mass is 464 g/mol. The molecule has 164 valence electrons. The van der Waals surface area contributed by atoms with Crippen molar-refractivity contribution >= 4 is 54.7 Å². The molecule has 0 fully saturated rings. The summed E-state index contributed by atoms with van der Waals surface area (Å²) in [4.78, 5) is 0. The summed E-state index contributed by atoms with van der Waals surface area (Å²) in [5, 5.41) is 10.6. The van der Waals surface area contributed by atoms with Crippen molar-refractivity contribution in [1.29, 1.82) is 0 Å². The van der Waals surface area contributed by atoms with Crippen LogP contribution >= 0.6 is 11.6 Å². The van der Waals surface area contributed by atoms with Gasteiger partial charge in [-0.25, -0.2) is 0 Å². The molecule has 7 aromatic rings. The van der Waals surface area contributed by atoms with Crippen molar-refractivity contribution in [3.63, 3.8) is 0 Å². The summed E-state index contributed by atoms with van der Waals surface area (Å²) in [7, 11) is 0. The van der Waals surface area contributed by atoms with Gasteiger partial charge >= 0.3 is 0 Å². The maximum atomic E-state index is 6.60. The van der Waals surface area contributed by atoms with Crippen LogP contribution in [0.3, 0.4) is 0 Å². The summed E-state index contributed by atoms with van der Waals surface area (Å²) in [5.74, 6) is 0. The Balaban J connectivity index is 1.63. The first kappa shape index (κ1) is 20.3. The van der Waals surface area contributed by atoms with Gasteiger partial charge in [-0.05, 0) is 89.6 Å². The van der Waals surface area contributed by atoms with Crippen LogP contribution in [0.2, 0.25) is 5.02 Å². The minimum Gasteiger partial charge on any atom is -0.0843 e. The minimum atomic E-state index is 0.749. The molecule has 7 rings (SSSR count). The largest absolute Gasteiger partial charge is 0.0843 e. The van der Waals surface area contributed by atoms with Gasteiger partial charge in [-0.15, -0.1) is 0 Å². The molecular formula is C34H21Cl. The van der Waals surface area contributed by atoms with Crippen LogP contribution < -0.4 is 0 Å². The van der Waals surface area contributed by atoms with Crippen molar-refractivity contribution in [3.8, 4) is 22.3 Å². The molecule has 0 saturated carbocycles. The molecule has 0 nitrogen and oxygen atoms in total. The van der Waals surface area contributed by atoms with Crippen molar-refractivity contribution in [2.24, 2.45) is 0 Å². The fourth-order valence-electron chi connectivity index (χ4n) is 5.46. The van der Waals surface area contributed by atoms with Gasteiger partial charge in [0.25, 0.3) is 0 Å². The van der Waals surface area contributed by atoms with Crippen LogP contribution in [0.15, 0.2) is 127 Å². The fourth-order valence-corrected chi connectivity index (χ4v) is 5.63. The van der Waals surface area contributed by atoms with Gasteiger partial charge in [0.05, 0.1) is 0 Å². The predicted molar refractivity (Wildman–Crippen MR) is 152 cm³/mol. The van der Waals surface area contributed by atoms with Crippen molar-refractivity contribution in [2.75, 3.05) is 0 Å². The molecule has 0 unspecified atom stereocenters. The Hall–Kier alpha value is -4.13. The van der Waals surface area contributed by atoms with Crippen LogP contribution in [0, 0.1) is 0 Å². The average molecular weight is 465 g/mol. The van der Waals surface area contributed by atoms with Gasteiger partial charge < -0.3 is 0 Å². The topological polar surface area (TPSA) is 0 Å². The first-order valence-electron chi connectivity index (χ1n) is 11.9. The highest BCUT2D eigenvalue weighted by molar-refractivity contribution is 6.32. The van der Waals surface area contributed by atoms with E-state index in [2.05, 4.69) is 121 Å². The Bertz CT molecular complexity index is 1910. The summed E-state index contributed by atoms with van der Waals surface area (Å²) < 4.78 is 0. The van der Waals surface area contributed by atoms with Crippen LogP contribution in [0.1, 0.15) is 0 Å². The Morgan fingerprint density at radius 2 is 0.800 bits per heavy atom. The molecule has 0 atom stereocenters. The SMILES string of the molecule is Clc1ccc2c(-c3ccc4ccccc4c3)c3ccccc3c(-c3ccc4ccccc4c3)c2c1. The Morgan fingerprint density at radius 1 is 0.343 bits per heavy atom. The standard InChI is InChI=1S/C34H21Cl/c35-28-17-18-31-32(21-28)34(27-16-14-23-8-2-4-10-25(23)20-27)30-12-6-5-11-29(30)33(31)26-15-13-22-7-1-3-9-24(22)19-26/h1-21H. The third-order valence-electron chi connectivity index (χ3n) is 7.06. The van der Waals surface area contributed by atoms with E-state index in [1.54, 1.807) is 0 Å². The molecule has 0 N–H and O–H groups in total. The van der Waals surface area contributed by atoms with E-state index < -0.39 is 0 Å². The lowest BCUT2D eigenvalue weighted by Crippen LogP contribution is -1.91. The van der Waals surface area contributed by atoms with Gasteiger partial charge in [0, 0.05) is 5.02 Å². The lowest BCUT2D eigenvalue weighted by atomic mass is 9.85. The van der Waals surface area contributed by atoms with Crippen molar-refractivity contribution in [1.82, 2.24) is 0 Å². The number of hydrogen-bond acceptors (Lipinski definition) is 0. The number of hydrogen-bond donors (Lipinski definition) is 0. The normalized spacial score (nSPS) is 11.6. The molecule has 0 amide bonds. The number of halogens is 1. The van der Waals surface area contributed by atoms with Gasteiger partial charge in [-0.2, -0.15) is 0 Å². The summed E-state index contributed by atoms with van der Waals surface area (Å²) >= 11 is 6.60. The van der Waals surface area contributed by atoms with Crippen LogP contribution in [0.4, 0.5) is 0 Å². The molecule has 7 aromatic carbocycles. The molecule has 0 aliphatic carbocycles. The van der Waals surface area contributed by atoms with E-state index in [0.717, 1.165) is 5.02 Å². The van der Waals surface area contributed by atoms with E-state index in [-0.39, 0.29) is 0 Å². The van der Waals surface area contributed by atoms with Gasteiger partial charge in [-0.3, -0.25) is 0 Å². The number of fused-ring (bicyclic) bond motifs is 4. The van der Waals surface area contributed by atoms with Crippen molar-refractivity contribution < 1.29 is 0 Å². The molecule has 0 spiro atoms. The molecule has 0 heterocycles.